The normalized spacial score (nSPS) is 20.1. The second-order valence-corrected chi connectivity index (χ2v) is 8.37. The van der Waals surface area contributed by atoms with Crippen molar-refractivity contribution in [3.05, 3.63) is 0 Å². The third-order valence-electron chi connectivity index (χ3n) is 5.38. The summed E-state index contributed by atoms with van der Waals surface area (Å²) in [5.74, 6) is 1.62. The maximum Gasteiger partial charge on any atom is 0.191 e. The van der Waals surface area contributed by atoms with E-state index in [0.717, 1.165) is 57.9 Å². The van der Waals surface area contributed by atoms with Crippen molar-refractivity contribution in [3.63, 3.8) is 0 Å². The molecular formula is C20H42IN5O. The third kappa shape index (κ3) is 9.28. The van der Waals surface area contributed by atoms with Crippen molar-refractivity contribution in [2.45, 2.75) is 65.1 Å². The summed E-state index contributed by atoms with van der Waals surface area (Å²) in [6, 6.07) is 1.97. The molecule has 0 bridgehead atoms. The summed E-state index contributed by atoms with van der Waals surface area (Å²) < 4.78 is 5.52. The minimum atomic E-state index is 0. The number of rotatable bonds is 10. The fourth-order valence-corrected chi connectivity index (χ4v) is 3.86. The highest BCUT2D eigenvalue weighted by molar-refractivity contribution is 14.0. The largest absolute Gasteiger partial charge is 0.379 e. The van der Waals surface area contributed by atoms with E-state index < -0.39 is 0 Å². The molecule has 6 nitrogen and oxygen atoms in total. The van der Waals surface area contributed by atoms with Gasteiger partial charge in [-0.25, -0.2) is 0 Å². The van der Waals surface area contributed by atoms with E-state index in [2.05, 4.69) is 53.1 Å². The number of nitrogens with zero attached hydrogens (tertiary/aromatic N) is 3. The Labute approximate surface area is 183 Å². The number of hydrogen-bond acceptors (Lipinski definition) is 4. The SMILES string of the molecule is CN=C(NCCN(C(C)C)C1CC1)NCC(CC(C)C)N1CCOCC1.I. The Bertz CT molecular complexity index is 421. The number of halogens is 1. The van der Waals surface area contributed by atoms with E-state index in [0.29, 0.717) is 18.0 Å². The van der Waals surface area contributed by atoms with Crippen LogP contribution in [-0.4, -0.2) is 86.9 Å². The van der Waals surface area contributed by atoms with E-state index in [9.17, 15) is 0 Å². The van der Waals surface area contributed by atoms with Crippen LogP contribution < -0.4 is 10.6 Å². The van der Waals surface area contributed by atoms with Gasteiger partial charge in [-0.15, -0.1) is 24.0 Å². The molecule has 2 rings (SSSR count). The summed E-state index contributed by atoms with van der Waals surface area (Å²) in [7, 11) is 1.86. The van der Waals surface area contributed by atoms with Crippen LogP contribution in [0.15, 0.2) is 4.99 Å². The van der Waals surface area contributed by atoms with Gasteiger partial charge in [0.2, 0.25) is 0 Å². The molecule has 1 atom stereocenters. The molecule has 0 aromatic rings. The number of ether oxygens (including phenoxy) is 1. The molecule has 2 N–H and O–H groups in total. The summed E-state index contributed by atoms with van der Waals surface area (Å²) in [5, 5.41) is 7.06. The first kappa shape index (κ1) is 24.9. The number of nitrogens with one attached hydrogen (secondary N) is 2. The monoisotopic (exact) mass is 495 g/mol. The quantitative estimate of drug-likeness (QED) is 0.277. The Balaban J connectivity index is 0.00000364. The first-order valence-corrected chi connectivity index (χ1v) is 10.5. The third-order valence-corrected chi connectivity index (χ3v) is 5.38. The van der Waals surface area contributed by atoms with Crippen LogP contribution >= 0.6 is 24.0 Å². The van der Waals surface area contributed by atoms with Gasteiger partial charge in [0.05, 0.1) is 13.2 Å². The zero-order valence-corrected chi connectivity index (χ0v) is 20.4. The molecule has 0 amide bonds. The van der Waals surface area contributed by atoms with Gasteiger partial charge < -0.3 is 15.4 Å². The predicted octanol–water partition coefficient (Wildman–Crippen LogP) is 2.39. The fourth-order valence-electron chi connectivity index (χ4n) is 3.86. The maximum absolute atomic E-state index is 5.52. The lowest BCUT2D eigenvalue weighted by molar-refractivity contribution is 0.0132. The molecule has 2 aliphatic rings. The Morgan fingerprint density at radius 1 is 1.15 bits per heavy atom. The van der Waals surface area contributed by atoms with Gasteiger partial charge in [0, 0.05) is 57.9 Å². The van der Waals surface area contributed by atoms with Crippen molar-refractivity contribution in [3.8, 4) is 0 Å². The number of hydrogen-bond donors (Lipinski definition) is 2. The lowest BCUT2D eigenvalue weighted by Gasteiger charge is -2.36. The highest BCUT2D eigenvalue weighted by atomic mass is 127. The first-order chi connectivity index (χ1) is 12.5. The van der Waals surface area contributed by atoms with E-state index in [1.54, 1.807) is 0 Å². The van der Waals surface area contributed by atoms with Crippen molar-refractivity contribution in [1.82, 2.24) is 20.4 Å². The average Bonchev–Trinajstić information content (AvgIpc) is 3.45. The van der Waals surface area contributed by atoms with Gasteiger partial charge in [-0.05, 0) is 39.0 Å². The van der Waals surface area contributed by atoms with Crippen LogP contribution in [0.5, 0.6) is 0 Å². The van der Waals surface area contributed by atoms with Gasteiger partial charge in [-0.3, -0.25) is 14.8 Å². The maximum atomic E-state index is 5.52. The summed E-state index contributed by atoms with van der Waals surface area (Å²) in [4.78, 5) is 9.59. The van der Waals surface area contributed by atoms with Gasteiger partial charge in [0.1, 0.15) is 0 Å². The van der Waals surface area contributed by atoms with Crippen LogP contribution in [0.3, 0.4) is 0 Å². The summed E-state index contributed by atoms with van der Waals surface area (Å²) in [6.07, 6.45) is 3.93. The summed E-state index contributed by atoms with van der Waals surface area (Å²) in [5.41, 5.74) is 0. The molecule has 1 saturated heterocycles. The average molecular weight is 495 g/mol. The number of guanidine groups is 1. The second kappa shape index (κ2) is 13.2. The number of aliphatic imine (C=N–C) groups is 1. The van der Waals surface area contributed by atoms with Gasteiger partial charge in [-0.1, -0.05) is 13.8 Å². The van der Waals surface area contributed by atoms with E-state index in [1.807, 2.05) is 7.05 Å². The molecule has 0 aromatic carbocycles. The van der Waals surface area contributed by atoms with Crippen molar-refractivity contribution in [1.29, 1.82) is 0 Å². The van der Waals surface area contributed by atoms with E-state index in [1.165, 1.54) is 19.3 Å². The lowest BCUT2D eigenvalue weighted by atomic mass is 10.0. The molecule has 2 fully saturated rings. The molecule has 1 aliphatic carbocycles. The van der Waals surface area contributed by atoms with Gasteiger partial charge in [0.25, 0.3) is 0 Å². The molecule has 1 saturated carbocycles. The molecule has 1 aliphatic heterocycles. The molecule has 0 radical (unpaired) electrons. The van der Waals surface area contributed by atoms with Crippen molar-refractivity contribution >= 4 is 29.9 Å². The molecule has 0 aromatic heterocycles. The van der Waals surface area contributed by atoms with Gasteiger partial charge >= 0.3 is 0 Å². The van der Waals surface area contributed by atoms with Crippen molar-refractivity contribution < 1.29 is 4.74 Å². The van der Waals surface area contributed by atoms with Crippen molar-refractivity contribution in [2.75, 3.05) is 53.0 Å². The Hall–Kier alpha value is -0.120. The zero-order chi connectivity index (χ0) is 18.9. The zero-order valence-electron chi connectivity index (χ0n) is 18.0. The second-order valence-electron chi connectivity index (χ2n) is 8.37. The molecule has 160 valence electrons. The fraction of sp³-hybridized carbons (Fsp3) is 0.950. The van der Waals surface area contributed by atoms with Crippen LogP contribution in [0.1, 0.15) is 47.0 Å². The van der Waals surface area contributed by atoms with Gasteiger partial charge in [0.15, 0.2) is 5.96 Å². The smallest absolute Gasteiger partial charge is 0.191 e. The molecule has 27 heavy (non-hydrogen) atoms. The molecule has 7 heteroatoms. The van der Waals surface area contributed by atoms with Crippen LogP contribution in [0.25, 0.3) is 0 Å². The summed E-state index contributed by atoms with van der Waals surface area (Å²) in [6.45, 7) is 16.0. The summed E-state index contributed by atoms with van der Waals surface area (Å²) >= 11 is 0. The van der Waals surface area contributed by atoms with Gasteiger partial charge in [-0.2, -0.15) is 0 Å². The van der Waals surface area contributed by atoms with Crippen LogP contribution in [0.4, 0.5) is 0 Å². The first-order valence-electron chi connectivity index (χ1n) is 10.5. The highest BCUT2D eigenvalue weighted by Crippen LogP contribution is 2.27. The highest BCUT2D eigenvalue weighted by Gasteiger charge is 2.30. The van der Waals surface area contributed by atoms with Crippen LogP contribution in [0.2, 0.25) is 0 Å². The minimum absolute atomic E-state index is 0. The van der Waals surface area contributed by atoms with Crippen molar-refractivity contribution in [2.24, 2.45) is 10.9 Å². The standard InChI is InChI=1S/C20H41N5O.HI/c1-16(2)14-19(24-10-12-26-13-11-24)15-23-20(21-5)22-8-9-25(17(3)4)18-6-7-18;/h16-19H,6-15H2,1-5H3,(H2,21,22,23);1H. The predicted molar refractivity (Wildman–Crippen MR) is 125 cm³/mol. The molecule has 0 spiro atoms. The van der Waals surface area contributed by atoms with Crippen LogP contribution in [0, 0.1) is 5.92 Å². The van der Waals surface area contributed by atoms with E-state index >= 15 is 0 Å². The lowest BCUT2D eigenvalue weighted by Crippen LogP contribution is -2.51. The molecular weight excluding hydrogens is 453 g/mol. The Morgan fingerprint density at radius 2 is 1.81 bits per heavy atom. The Morgan fingerprint density at radius 3 is 2.33 bits per heavy atom. The topological polar surface area (TPSA) is 52.1 Å². The van der Waals surface area contributed by atoms with E-state index in [-0.39, 0.29) is 24.0 Å². The molecule has 1 unspecified atom stereocenters. The Kier molecular flexibility index (Phi) is 12.2. The molecule has 1 heterocycles. The number of morpholine rings is 1. The minimum Gasteiger partial charge on any atom is -0.379 e. The van der Waals surface area contributed by atoms with Crippen LogP contribution in [-0.2, 0) is 4.74 Å². The van der Waals surface area contributed by atoms with E-state index in [4.69, 9.17) is 4.74 Å².